The molecule has 1 N–H and O–H groups in total. The van der Waals surface area contributed by atoms with Crippen LogP contribution in [0.4, 0.5) is 0 Å². The molecule has 3 atom stereocenters. The van der Waals surface area contributed by atoms with E-state index in [1.54, 1.807) is 32.2 Å². The lowest BCUT2D eigenvalue weighted by Crippen LogP contribution is -2.44. The largest absolute Gasteiger partial charge is 0.497 e. The number of benzene rings is 1. The van der Waals surface area contributed by atoms with E-state index in [4.69, 9.17) is 13.9 Å². The van der Waals surface area contributed by atoms with Gasteiger partial charge in [0.2, 0.25) is 5.91 Å². The summed E-state index contributed by atoms with van der Waals surface area (Å²) in [5, 5.41) is 2.86. The van der Waals surface area contributed by atoms with Crippen molar-refractivity contribution in [3.63, 3.8) is 0 Å². The number of amides is 1. The molecule has 2 aromatic rings. The molecule has 0 spiro atoms. The summed E-state index contributed by atoms with van der Waals surface area (Å²) in [6.45, 7) is 1.88. The average Bonchev–Trinajstić information content (AvgIpc) is 3.27. The summed E-state index contributed by atoms with van der Waals surface area (Å²) in [6, 6.07) is 10.8. The van der Waals surface area contributed by atoms with E-state index in [2.05, 4.69) is 5.32 Å². The monoisotopic (exact) mass is 409 g/mol. The van der Waals surface area contributed by atoms with E-state index in [1.807, 2.05) is 18.2 Å². The number of esters is 1. The number of hydrogen-bond acceptors (Lipinski definition) is 6. The Bertz CT molecular complexity index is 1010. The van der Waals surface area contributed by atoms with Gasteiger partial charge in [0.25, 0.3) is 0 Å². The van der Waals surface area contributed by atoms with E-state index in [9.17, 15) is 14.4 Å². The zero-order chi connectivity index (χ0) is 21.3. The molecule has 1 aliphatic heterocycles. The third kappa shape index (κ3) is 3.51. The highest BCUT2D eigenvalue weighted by molar-refractivity contribution is 6.12. The molecule has 2 heterocycles. The SMILES string of the molecule is CCOC(=O)[C@@H]1C(=O)C2=C(C[C@@H]1c1ccco1)NC(=O)C[C@@H]2c1cccc(OC)c1. The van der Waals surface area contributed by atoms with Crippen molar-refractivity contribution < 1.29 is 28.3 Å². The second-order valence-corrected chi connectivity index (χ2v) is 7.39. The Morgan fingerprint density at radius 2 is 2.03 bits per heavy atom. The molecule has 4 rings (SSSR count). The van der Waals surface area contributed by atoms with Gasteiger partial charge in [0.15, 0.2) is 5.78 Å². The van der Waals surface area contributed by atoms with Crippen LogP contribution in [0.5, 0.6) is 5.75 Å². The number of ketones is 1. The maximum Gasteiger partial charge on any atom is 0.317 e. The van der Waals surface area contributed by atoms with E-state index in [0.29, 0.717) is 29.2 Å². The summed E-state index contributed by atoms with van der Waals surface area (Å²) in [6.07, 6.45) is 1.94. The van der Waals surface area contributed by atoms with Crippen molar-refractivity contribution in [1.82, 2.24) is 5.32 Å². The van der Waals surface area contributed by atoms with Crippen LogP contribution in [0.2, 0.25) is 0 Å². The zero-order valence-corrected chi connectivity index (χ0v) is 16.8. The summed E-state index contributed by atoms with van der Waals surface area (Å²) in [4.78, 5) is 38.9. The second-order valence-electron chi connectivity index (χ2n) is 7.39. The van der Waals surface area contributed by atoms with Gasteiger partial charge in [0.1, 0.15) is 17.4 Å². The van der Waals surface area contributed by atoms with Crippen LogP contribution in [0, 0.1) is 5.92 Å². The smallest absolute Gasteiger partial charge is 0.317 e. The first-order valence-electron chi connectivity index (χ1n) is 9.94. The van der Waals surface area contributed by atoms with Gasteiger partial charge in [-0.05, 0) is 43.2 Å². The fourth-order valence-corrected chi connectivity index (χ4v) is 4.37. The van der Waals surface area contributed by atoms with Crippen LogP contribution in [0.25, 0.3) is 0 Å². The van der Waals surface area contributed by atoms with E-state index >= 15 is 0 Å². The van der Waals surface area contributed by atoms with Gasteiger partial charge in [-0.2, -0.15) is 0 Å². The van der Waals surface area contributed by atoms with Gasteiger partial charge in [0.05, 0.1) is 20.0 Å². The summed E-state index contributed by atoms with van der Waals surface area (Å²) < 4.78 is 16.0. The van der Waals surface area contributed by atoms with Crippen molar-refractivity contribution in [2.45, 2.75) is 31.6 Å². The minimum absolute atomic E-state index is 0.124. The van der Waals surface area contributed by atoms with E-state index < -0.39 is 23.7 Å². The molecule has 30 heavy (non-hydrogen) atoms. The number of carbonyl (C=O) groups is 3. The molecule has 0 bridgehead atoms. The number of carbonyl (C=O) groups excluding carboxylic acids is 3. The van der Waals surface area contributed by atoms with Gasteiger partial charge in [-0.15, -0.1) is 0 Å². The fourth-order valence-electron chi connectivity index (χ4n) is 4.37. The molecule has 1 aromatic carbocycles. The molecular weight excluding hydrogens is 386 g/mol. The zero-order valence-electron chi connectivity index (χ0n) is 16.8. The van der Waals surface area contributed by atoms with Gasteiger partial charge < -0.3 is 19.2 Å². The predicted molar refractivity (Wildman–Crippen MR) is 107 cm³/mol. The molecule has 0 saturated heterocycles. The van der Waals surface area contributed by atoms with Gasteiger partial charge in [-0.3, -0.25) is 14.4 Å². The van der Waals surface area contributed by atoms with E-state index in [-0.39, 0.29) is 24.7 Å². The van der Waals surface area contributed by atoms with Gasteiger partial charge in [-0.1, -0.05) is 12.1 Å². The first kappa shape index (κ1) is 19.9. The van der Waals surface area contributed by atoms with Crippen LogP contribution in [0.15, 0.2) is 58.3 Å². The Balaban J connectivity index is 1.81. The molecule has 0 fully saturated rings. The third-order valence-electron chi connectivity index (χ3n) is 5.67. The highest BCUT2D eigenvalue weighted by Crippen LogP contribution is 2.46. The Morgan fingerprint density at radius 1 is 1.20 bits per heavy atom. The molecule has 2 aliphatic rings. The Hall–Kier alpha value is -3.35. The number of methoxy groups -OCH3 is 1. The third-order valence-corrected chi connectivity index (χ3v) is 5.67. The summed E-state index contributed by atoms with van der Waals surface area (Å²) >= 11 is 0. The number of nitrogens with one attached hydrogen (secondary N) is 1. The quantitative estimate of drug-likeness (QED) is 0.602. The Kier molecular flexibility index (Phi) is 5.44. The lowest BCUT2D eigenvalue weighted by Gasteiger charge is -2.37. The Labute approximate surface area is 174 Å². The standard InChI is InChI=1S/C23H23NO6/c1-3-29-23(27)21-16(18-8-5-9-30-18)11-17-20(22(21)26)15(12-19(25)24-17)13-6-4-7-14(10-13)28-2/h4-10,15-16,21H,3,11-12H2,1-2H3,(H,24,25)/t15-,16-,21+/m1/s1. The average molecular weight is 409 g/mol. The van der Waals surface area contributed by atoms with Gasteiger partial charge >= 0.3 is 5.97 Å². The maximum atomic E-state index is 13.6. The molecule has 7 nitrogen and oxygen atoms in total. The lowest BCUT2D eigenvalue weighted by molar-refractivity contribution is -0.152. The predicted octanol–water partition coefficient (Wildman–Crippen LogP) is 3.08. The fraction of sp³-hybridized carbons (Fsp3) is 0.348. The summed E-state index contributed by atoms with van der Waals surface area (Å²) in [5.74, 6) is -1.91. The van der Waals surface area contributed by atoms with Crippen molar-refractivity contribution in [1.29, 1.82) is 0 Å². The van der Waals surface area contributed by atoms with Crippen molar-refractivity contribution in [3.05, 3.63) is 65.3 Å². The molecule has 1 aliphatic carbocycles. The topological polar surface area (TPSA) is 94.8 Å². The van der Waals surface area contributed by atoms with Gasteiger partial charge in [0, 0.05) is 29.5 Å². The highest BCUT2D eigenvalue weighted by Gasteiger charge is 2.48. The van der Waals surface area contributed by atoms with Crippen LogP contribution in [0.3, 0.4) is 0 Å². The van der Waals surface area contributed by atoms with Crippen LogP contribution < -0.4 is 10.1 Å². The molecule has 0 unspecified atom stereocenters. The summed E-state index contributed by atoms with van der Waals surface area (Å²) in [7, 11) is 1.56. The van der Waals surface area contributed by atoms with Crippen LogP contribution in [0.1, 0.15) is 42.9 Å². The van der Waals surface area contributed by atoms with Crippen molar-refractivity contribution in [3.8, 4) is 5.75 Å². The van der Waals surface area contributed by atoms with Crippen LogP contribution >= 0.6 is 0 Å². The number of Topliss-reactive ketones (excluding diaryl/α,β-unsaturated/α-hetero) is 1. The Morgan fingerprint density at radius 3 is 2.73 bits per heavy atom. The molecule has 156 valence electrons. The molecule has 1 aromatic heterocycles. The minimum Gasteiger partial charge on any atom is -0.497 e. The second kappa shape index (κ2) is 8.18. The number of ether oxygens (including phenoxy) is 2. The first-order valence-corrected chi connectivity index (χ1v) is 9.94. The first-order chi connectivity index (χ1) is 14.5. The van der Waals surface area contributed by atoms with Crippen molar-refractivity contribution in [2.24, 2.45) is 5.92 Å². The molecule has 1 amide bonds. The lowest BCUT2D eigenvalue weighted by atomic mass is 9.69. The highest BCUT2D eigenvalue weighted by atomic mass is 16.5. The number of furan rings is 1. The molecule has 0 saturated carbocycles. The van der Waals surface area contributed by atoms with E-state index in [0.717, 1.165) is 5.56 Å². The molecule has 7 heteroatoms. The normalized spacial score (nSPS) is 23.6. The van der Waals surface area contributed by atoms with Crippen molar-refractivity contribution in [2.75, 3.05) is 13.7 Å². The molecular formula is C23H23NO6. The minimum atomic E-state index is -1.02. The van der Waals surface area contributed by atoms with E-state index in [1.165, 1.54) is 6.26 Å². The van der Waals surface area contributed by atoms with Crippen LogP contribution in [-0.4, -0.2) is 31.4 Å². The maximum absolute atomic E-state index is 13.6. The van der Waals surface area contributed by atoms with Crippen molar-refractivity contribution >= 4 is 17.7 Å². The molecule has 0 radical (unpaired) electrons. The van der Waals surface area contributed by atoms with Gasteiger partial charge in [-0.25, -0.2) is 0 Å². The number of hydrogen-bond donors (Lipinski definition) is 1. The number of rotatable bonds is 5. The number of allylic oxidation sites excluding steroid dienone is 2. The van der Waals surface area contributed by atoms with Crippen LogP contribution in [-0.2, 0) is 19.1 Å². The summed E-state index contributed by atoms with van der Waals surface area (Å²) in [5.41, 5.74) is 1.80.